The summed E-state index contributed by atoms with van der Waals surface area (Å²) in [5, 5.41) is 11.2. The number of nitrogens with one attached hydrogen (secondary N) is 1. The maximum Gasteiger partial charge on any atom is 0.405 e. The molecule has 2 aromatic rings. The van der Waals surface area contributed by atoms with Gasteiger partial charge in [-0.3, -0.25) is 4.79 Å². The van der Waals surface area contributed by atoms with Gasteiger partial charge in [-0.2, -0.15) is 0 Å². The van der Waals surface area contributed by atoms with E-state index in [1.807, 2.05) is 30.3 Å². The van der Waals surface area contributed by atoms with E-state index in [2.05, 4.69) is 5.32 Å². The van der Waals surface area contributed by atoms with Crippen LogP contribution in [0.1, 0.15) is 30.7 Å². The van der Waals surface area contributed by atoms with Crippen LogP contribution in [-0.4, -0.2) is 11.2 Å². The second kappa shape index (κ2) is 7.31. The van der Waals surface area contributed by atoms with Crippen LogP contribution in [0.4, 0.5) is 4.79 Å². The summed E-state index contributed by atoms with van der Waals surface area (Å²) >= 11 is 0. The van der Waals surface area contributed by atoms with E-state index >= 15 is 0 Å². The number of amides is 1. The van der Waals surface area contributed by atoms with Gasteiger partial charge in [0.05, 0.1) is 12.3 Å². The molecule has 0 aliphatic rings. The maximum absolute atomic E-state index is 12.0. The van der Waals surface area contributed by atoms with Gasteiger partial charge in [-0.15, -0.1) is 0 Å². The van der Waals surface area contributed by atoms with Gasteiger partial charge < -0.3 is 19.6 Å². The lowest BCUT2D eigenvalue weighted by atomic mass is 10.1. The van der Waals surface area contributed by atoms with Crippen molar-refractivity contribution in [2.75, 3.05) is 0 Å². The zero-order chi connectivity index (χ0) is 15.9. The van der Waals surface area contributed by atoms with Crippen molar-refractivity contribution < 1.29 is 19.1 Å². The molecule has 2 rings (SSSR count). The molecule has 1 aromatic carbocycles. The lowest BCUT2D eigenvalue weighted by molar-refractivity contribution is 0.185. The molecule has 0 fully saturated rings. The van der Waals surface area contributed by atoms with E-state index in [9.17, 15) is 9.59 Å². The number of benzene rings is 1. The normalized spacial score (nSPS) is 11.7. The van der Waals surface area contributed by atoms with Crippen molar-refractivity contribution >= 4 is 6.09 Å². The number of carbonyl (C=O) groups is 1. The molecule has 1 aromatic heterocycles. The number of rotatable bonds is 6. The molecule has 2 N–H and O–H groups in total. The smallest absolute Gasteiger partial charge is 0.405 e. The molecule has 0 bridgehead atoms. The molecule has 0 aliphatic carbocycles. The minimum Gasteiger partial charge on any atom is -0.482 e. The Bertz CT molecular complexity index is 680. The highest BCUT2D eigenvalue weighted by Crippen LogP contribution is 2.24. The van der Waals surface area contributed by atoms with Crippen LogP contribution in [0.25, 0.3) is 0 Å². The molecule has 6 nitrogen and oxygen atoms in total. The molecular formula is C16H17NO5. The quantitative estimate of drug-likeness (QED) is 0.856. The van der Waals surface area contributed by atoms with E-state index in [1.54, 1.807) is 6.92 Å². The molecule has 1 unspecified atom stereocenters. The highest BCUT2D eigenvalue weighted by Gasteiger charge is 2.21. The van der Waals surface area contributed by atoms with Crippen LogP contribution in [0, 0.1) is 0 Å². The van der Waals surface area contributed by atoms with Crippen molar-refractivity contribution in [2.24, 2.45) is 0 Å². The van der Waals surface area contributed by atoms with E-state index in [0.29, 0.717) is 6.42 Å². The predicted octanol–water partition coefficient (Wildman–Crippen LogP) is 2.94. The Morgan fingerprint density at radius 2 is 2.05 bits per heavy atom. The first kappa shape index (κ1) is 15.6. The van der Waals surface area contributed by atoms with Crippen molar-refractivity contribution in [3.05, 3.63) is 64.2 Å². The molecule has 1 atom stereocenters. The van der Waals surface area contributed by atoms with Gasteiger partial charge in [-0.1, -0.05) is 37.3 Å². The Balaban J connectivity index is 2.26. The third-order valence-electron chi connectivity index (χ3n) is 3.11. The van der Waals surface area contributed by atoms with Crippen LogP contribution < -0.4 is 15.5 Å². The highest BCUT2D eigenvalue weighted by molar-refractivity contribution is 5.65. The molecule has 0 radical (unpaired) electrons. The van der Waals surface area contributed by atoms with Crippen LogP contribution in [0.3, 0.4) is 0 Å². The molecule has 22 heavy (non-hydrogen) atoms. The monoisotopic (exact) mass is 303 g/mol. The Hall–Kier alpha value is -2.76. The van der Waals surface area contributed by atoms with Crippen molar-refractivity contribution in [3.63, 3.8) is 0 Å². The Morgan fingerprint density at radius 1 is 1.32 bits per heavy atom. The van der Waals surface area contributed by atoms with Gasteiger partial charge in [0.15, 0.2) is 5.76 Å². The standard InChI is InChI=1S/C16H17NO5/c1-2-12(17-16(19)20)14-15(13(18)8-9-21-14)22-10-11-6-4-3-5-7-11/h3-9,12,17H,2,10H2,1H3,(H,19,20). The number of hydrogen-bond donors (Lipinski definition) is 2. The summed E-state index contributed by atoms with van der Waals surface area (Å²) in [6.07, 6.45) is 0.479. The van der Waals surface area contributed by atoms with Gasteiger partial charge in [0.1, 0.15) is 6.61 Å². The summed E-state index contributed by atoms with van der Waals surface area (Å²) in [6.45, 7) is 1.99. The molecule has 6 heteroatoms. The van der Waals surface area contributed by atoms with Crippen LogP contribution in [0.5, 0.6) is 5.75 Å². The first-order chi connectivity index (χ1) is 10.6. The fourth-order valence-corrected chi connectivity index (χ4v) is 2.03. The van der Waals surface area contributed by atoms with E-state index < -0.39 is 12.1 Å². The minimum absolute atomic E-state index is 0.0342. The Labute approximate surface area is 127 Å². The fourth-order valence-electron chi connectivity index (χ4n) is 2.03. The van der Waals surface area contributed by atoms with E-state index in [4.69, 9.17) is 14.3 Å². The van der Waals surface area contributed by atoms with Crippen molar-refractivity contribution in [2.45, 2.75) is 26.0 Å². The van der Waals surface area contributed by atoms with Crippen LogP contribution >= 0.6 is 0 Å². The number of ether oxygens (including phenoxy) is 1. The van der Waals surface area contributed by atoms with Gasteiger partial charge in [0, 0.05) is 6.07 Å². The SMILES string of the molecule is CCC(NC(=O)O)c1occc(=O)c1OCc1ccccc1. The summed E-state index contributed by atoms with van der Waals surface area (Å²) < 4.78 is 10.9. The van der Waals surface area contributed by atoms with Crippen LogP contribution in [0.15, 0.2) is 51.9 Å². The zero-order valence-electron chi connectivity index (χ0n) is 12.1. The largest absolute Gasteiger partial charge is 0.482 e. The molecule has 116 valence electrons. The maximum atomic E-state index is 12.0. The summed E-state index contributed by atoms with van der Waals surface area (Å²) in [7, 11) is 0. The fraction of sp³-hybridized carbons (Fsp3) is 0.250. The van der Waals surface area contributed by atoms with Gasteiger partial charge in [0.25, 0.3) is 0 Å². The average molecular weight is 303 g/mol. The topological polar surface area (TPSA) is 88.8 Å². The van der Waals surface area contributed by atoms with Crippen molar-refractivity contribution in [1.29, 1.82) is 0 Å². The molecule has 0 spiro atoms. The summed E-state index contributed by atoms with van der Waals surface area (Å²) in [6, 6.07) is 9.97. The van der Waals surface area contributed by atoms with E-state index in [0.717, 1.165) is 5.56 Å². The molecule has 1 heterocycles. The lowest BCUT2D eigenvalue weighted by Gasteiger charge is -2.17. The molecule has 0 saturated heterocycles. The van der Waals surface area contributed by atoms with Crippen LogP contribution in [-0.2, 0) is 6.61 Å². The summed E-state index contributed by atoms with van der Waals surface area (Å²) in [5.41, 5.74) is 0.554. The van der Waals surface area contributed by atoms with E-state index in [-0.39, 0.29) is 23.5 Å². The average Bonchev–Trinajstić information content (AvgIpc) is 2.52. The molecule has 1 amide bonds. The van der Waals surface area contributed by atoms with E-state index in [1.165, 1.54) is 12.3 Å². The van der Waals surface area contributed by atoms with Gasteiger partial charge in [-0.25, -0.2) is 4.79 Å². The van der Waals surface area contributed by atoms with Crippen LogP contribution in [0.2, 0.25) is 0 Å². The third-order valence-corrected chi connectivity index (χ3v) is 3.11. The molecule has 0 aliphatic heterocycles. The first-order valence-electron chi connectivity index (χ1n) is 6.89. The van der Waals surface area contributed by atoms with Crippen molar-refractivity contribution in [1.82, 2.24) is 5.32 Å². The lowest BCUT2D eigenvalue weighted by Crippen LogP contribution is -2.27. The predicted molar refractivity (Wildman–Crippen MR) is 79.9 cm³/mol. The minimum atomic E-state index is -1.19. The Morgan fingerprint density at radius 3 is 2.68 bits per heavy atom. The molecule has 0 saturated carbocycles. The summed E-state index contributed by atoms with van der Waals surface area (Å²) in [5.74, 6) is 0.222. The number of carboxylic acid groups (broad SMARTS) is 1. The second-order valence-corrected chi connectivity index (χ2v) is 4.66. The third kappa shape index (κ3) is 3.88. The van der Waals surface area contributed by atoms with Gasteiger partial charge in [0.2, 0.25) is 11.2 Å². The second-order valence-electron chi connectivity index (χ2n) is 4.66. The zero-order valence-corrected chi connectivity index (χ0v) is 12.1. The summed E-state index contributed by atoms with van der Waals surface area (Å²) in [4.78, 5) is 22.9. The Kier molecular flexibility index (Phi) is 5.19. The van der Waals surface area contributed by atoms with Gasteiger partial charge >= 0.3 is 6.09 Å². The molecular weight excluding hydrogens is 286 g/mol. The number of hydrogen-bond acceptors (Lipinski definition) is 4. The highest BCUT2D eigenvalue weighted by atomic mass is 16.5. The van der Waals surface area contributed by atoms with Gasteiger partial charge in [-0.05, 0) is 12.0 Å². The first-order valence-corrected chi connectivity index (χ1v) is 6.89. The van der Waals surface area contributed by atoms with Crippen molar-refractivity contribution in [3.8, 4) is 5.75 Å².